The Balaban J connectivity index is 1.80. The number of thiol groups is 1. The molecule has 0 radical (unpaired) electrons. The molecule has 6 nitrogen and oxygen atoms in total. The fourth-order valence-electron chi connectivity index (χ4n) is 1.41. The van der Waals surface area contributed by atoms with Gasteiger partial charge in [0.2, 0.25) is 0 Å². The van der Waals surface area contributed by atoms with Crippen molar-refractivity contribution in [2.45, 2.75) is 6.61 Å². The van der Waals surface area contributed by atoms with Crippen molar-refractivity contribution in [2.75, 3.05) is 39.6 Å². The number of carbonyl (C=O) groups excluding carboxylic acids is 1. The van der Waals surface area contributed by atoms with Gasteiger partial charge in [-0.15, -0.1) is 0 Å². The standard InChI is InChI=1S/C14H20O6S/c15-14(20-21)19-11-10-17-7-6-16-8-9-18-12-13-4-2-1-3-5-13/h1-5,21H,6-12H2. The van der Waals surface area contributed by atoms with E-state index >= 15 is 0 Å². The first-order valence-corrected chi connectivity index (χ1v) is 6.95. The summed E-state index contributed by atoms with van der Waals surface area (Å²) in [6.07, 6.45) is -0.839. The third-order valence-corrected chi connectivity index (χ3v) is 2.53. The second-order valence-corrected chi connectivity index (χ2v) is 4.14. The van der Waals surface area contributed by atoms with Gasteiger partial charge in [0.25, 0.3) is 0 Å². The second kappa shape index (κ2) is 12.5. The number of rotatable bonds is 11. The first kappa shape index (κ1) is 17.8. The minimum absolute atomic E-state index is 0.125. The third-order valence-electron chi connectivity index (χ3n) is 2.38. The Kier molecular flexibility index (Phi) is 10.5. The molecule has 0 bridgehead atoms. The van der Waals surface area contributed by atoms with E-state index in [1.165, 1.54) is 0 Å². The molecule has 0 N–H and O–H groups in total. The van der Waals surface area contributed by atoms with Gasteiger partial charge in [0.1, 0.15) is 6.61 Å². The van der Waals surface area contributed by atoms with Gasteiger partial charge in [-0.05, 0) is 5.56 Å². The number of ether oxygens (including phenoxy) is 4. The molecule has 118 valence electrons. The van der Waals surface area contributed by atoms with E-state index in [4.69, 9.17) is 14.2 Å². The van der Waals surface area contributed by atoms with Gasteiger partial charge in [0.05, 0.1) is 39.6 Å². The van der Waals surface area contributed by atoms with E-state index in [-0.39, 0.29) is 13.2 Å². The Morgan fingerprint density at radius 3 is 2.05 bits per heavy atom. The van der Waals surface area contributed by atoms with Crippen LogP contribution < -0.4 is 0 Å². The van der Waals surface area contributed by atoms with Crippen LogP contribution in [-0.2, 0) is 29.7 Å². The van der Waals surface area contributed by atoms with E-state index in [1.807, 2.05) is 30.3 Å². The molecule has 0 amide bonds. The first-order chi connectivity index (χ1) is 10.3. The van der Waals surface area contributed by atoms with Crippen molar-refractivity contribution in [3.05, 3.63) is 35.9 Å². The lowest BCUT2D eigenvalue weighted by Crippen LogP contribution is -2.13. The van der Waals surface area contributed by atoms with Gasteiger partial charge in [-0.3, -0.25) is 0 Å². The van der Waals surface area contributed by atoms with Crippen LogP contribution in [0.2, 0.25) is 0 Å². The van der Waals surface area contributed by atoms with Crippen molar-refractivity contribution in [1.29, 1.82) is 0 Å². The maximum absolute atomic E-state index is 10.5. The number of carbonyl (C=O) groups is 1. The van der Waals surface area contributed by atoms with Gasteiger partial charge in [0.15, 0.2) is 0 Å². The van der Waals surface area contributed by atoms with Crippen molar-refractivity contribution in [3.8, 4) is 0 Å². The Bertz CT molecular complexity index is 373. The predicted octanol–water partition coefficient (Wildman–Crippen LogP) is 2.23. The molecular formula is C14H20O6S. The molecule has 0 saturated heterocycles. The highest BCUT2D eigenvalue weighted by molar-refractivity contribution is 7.75. The Morgan fingerprint density at radius 1 is 0.857 bits per heavy atom. The Morgan fingerprint density at radius 2 is 1.43 bits per heavy atom. The number of hydrogen-bond donors (Lipinski definition) is 1. The fourth-order valence-corrected chi connectivity index (χ4v) is 1.47. The number of hydrogen-bond acceptors (Lipinski definition) is 7. The maximum atomic E-state index is 10.5. The minimum Gasteiger partial charge on any atom is -0.431 e. The van der Waals surface area contributed by atoms with Gasteiger partial charge >= 0.3 is 6.16 Å². The Hall–Kier alpha value is -1.28. The topological polar surface area (TPSA) is 63.2 Å². The molecule has 7 heteroatoms. The zero-order chi connectivity index (χ0) is 15.2. The summed E-state index contributed by atoms with van der Waals surface area (Å²) in [5, 5.41) is 0. The van der Waals surface area contributed by atoms with Crippen LogP contribution in [0.5, 0.6) is 0 Å². The molecular weight excluding hydrogens is 296 g/mol. The third kappa shape index (κ3) is 10.1. The van der Waals surface area contributed by atoms with E-state index in [9.17, 15) is 4.79 Å². The largest absolute Gasteiger partial charge is 0.520 e. The SMILES string of the molecule is O=C(OS)OCCOCCOCCOCc1ccccc1. The van der Waals surface area contributed by atoms with Crippen LogP contribution in [0.15, 0.2) is 30.3 Å². The molecule has 0 unspecified atom stereocenters. The average Bonchev–Trinajstić information content (AvgIpc) is 2.53. The van der Waals surface area contributed by atoms with Gasteiger partial charge in [-0.2, -0.15) is 0 Å². The molecule has 0 saturated carbocycles. The summed E-state index contributed by atoms with van der Waals surface area (Å²) in [5.74, 6) is 0. The Labute approximate surface area is 129 Å². The molecule has 0 aliphatic rings. The van der Waals surface area contributed by atoms with Gasteiger partial charge in [-0.1, -0.05) is 30.3 Å². The lowest BCUT2D eigenvalue weighted by molar-refractivity contribution is 0.000361. The van der Waals surface area contributed by atoms with Crippen molar-refractivity contribution in [1.82, 2.24) is 0 Å². The van der Waals surface area contributed by atoms with Gasteiger partial charge in [0, 0.05) is 12.9 Å². The highest BCUT2D eigenvalue weighted by atomic mass is 32.1. The van der Waals surface area contributed by atoms with Crippen molar-refractivity contribution in [3.63, 3.8) is 0 Å². The van der Waals surface area contributed by atoms with Crippen molar-refractivity contribution in [2.24, 2.45) is 0 Å². The average molecular weight is 316 g/mol. The molecule has 0 aromatic heterocycles. The minimum atomic E-state index is -0.839. The first-order valence-electron chi connectivity index (χ1n) is 6.58. The van der Waals surface area contributed by atoms with Crippen LogP contribution in [0.3, 0.4) is 0 Å². The van der Waals surface area contributed by atoms with Crippen LogP contribution in [0.25, 0.3) is 0 Å². The van der Waals surface area contributed by atoms with Crippen LogP contribution in [0.1, 0.15) is 5.56 Å². The van der Waals surface area contributed by atoms with E-state index in [1.54, 1.807) is 0 Å². The highest BCUT2D eigenvalue weighted by Crippen LogP contribution is 1.99. The van der Waals surface area contributed by atoms with Crippen LogP contribution in [0.4, 0.5) is 4.79 Å². The molecule has 0 aliphatic carbocycles. The molecule has 0 aliphatic heterocycles. The summed E-state index contributed by atoms with van der Waals surface area (Å²) in [6.45, 7) is 2.93. The monoisotopic (exact) mass is 316 g/mol. The van der Waals surface area contributed by atoms with Gasteiger partial charge in [-0.25, -0.2) is 4.79 Å². The summed E-state index contributed by atoms with van der Waals surface area (Å²) < 4.78 is 24.5. The quantitative estimate of drug-likeness (QED) is 0.292. The second-order valence-electron chi connectivity index (χ2n) is 3.95. The fraction of sp³-hybridized carbons (Fsp3) is 0.500. The molecule has 1 rings (SSSR count). The summed E-state index contributed by atoms with van der Waals surface area (Å²) in [5.41, 5.74) is 1.14. The van der Waals surface area contributed by atoms with E-state index in [2.05, 4.69) is 21.8 Å². The molecule has 0 heterocycles. The number of benzene rings is 1. The van der Waals surface area contributed by atoms with E-state index < -0.39 is 6.16 Å². The lowest BCUT2D eigenvalue weighted by atomic mass is 10.2. The molecule has 0 atom stereocenters. The van der Waals surface area contributed by atoms with Gasteiger partial charge < -0.3 is 23.1 Å². The summed E-state index contributed by atoms with van der Waals surface area (Å²) >= 11 is 3.29. The summed E-state index contributed by atoms with van der Waals surface area (Å²) in [4.78, 5) is 10.5. The lowest BCUT2D eigenvalue weighted by Gasteiger charge is -2.07. The molecule has 1 aromatic carbocycles. The van der Waals surface area contributed by atoms with E-state index in [0.717, 1.165) is 5.56 Å². The van der Waals surface area contributed by atoms with Crippen LogP contribution in [-0.4, -0.2) is 45.8 Å². The normalized spacial score (nSPS) is 10.3. The smallest absolute Gasteiger partial charge is 0.431 e. The van der Waals surface area contributed by atoms with Crippen LogP contribution >= 0.6 is 12.9 Å². The van der Waals surface area contributed by atoms with Crippen LogP contribution in [0, 0.1) is 0 Å². The van der Waals surface area contributed by atoms with Crippen molar-refractivity contribution >= 4 is 19.1 Å². The molecule has 0 fully saturated rings. The van der Waals surface area contributed by atoms with E-state index in [0.29, 0.717) is 33.0 Å². The molecule has 21 heavy (non-hydrogen) atoms. The zero-order valence-electron chi connectivity index (χ0n) is 11.7. The highest BCUT2D eigenvalue weighted by Gasteiger charge is 1.99. The van der Waals surface area contributed by atoms with Crippen molar-refractivity contribution < 1.29 is 27.9 Å². The summed E-state index contributed by atoms with van der Waals surface area (Å²) in [7, 11) is 0. The molecule has 1 aromatic rings. The predicted molar refractivity (Wildman–Crippen MR) is 79.2 cm³/mol. The summed E-state index contributed by atoms with van der Waals surface area (Å²) in [6, 6.07) is 9.96. The maximum Gasteiger partial charge on any atom is 0.520 e. The zero-order valence-corrected chi connectivity index (χ0v) is 12.6. The molecule has 0 spiro atoms.